The van der Waals surface area contributed by atoms with E-state index in [-0.39, 0.29) is 11.5 Å². The van der Waals surface area contributed by atoms with E-state index in [1.807, 2.05) is 18.0 Å². The fourth-order valence-electron chi connectivity index (χ4n) is 4.88. The summed E-state index contributed by atoms with van der Waals surface area (Å²) in [4.78, 5) is 34.8. The number of imidazole rings is 1. The second-order valence-corrected chi connectivity index (χ2v) is 8.82. The number of aromatic nitrogens is 3. The molecule has 0 unspecified atom stereocenters. The molecule has 0 radical (unpaired) electrons. The van der Waals surface area contributed by atoms with Crippen molar-refractivity contribution in [3.05, 3.63) is 75.7 Å². The molecule has 0 spiro atoms. The molecule has 7 nitrogen and oxygen atoms in total. The van der Waals surface area contributed by atoms with Gasteiger partial charge in [-0.1, -0.05) is 12.1 Å². The van der Waals surface area contributed by atoms with Gasteiger partial charge < -0.3 is 18.9 Å². The highest BCUT2D eigenvalue weighted by Crippen LogP contribution is 2.27. The zero-order valence-electron chi connectivity index (χ0n) is 18.8. The van der Waals surface area contributed by atoms with Gasteiger partial charge in [0.2, 0.25) is 0 Å². The predicted octanol–water partition coefficient (Wildman–Crippen LogP) is 3.30. The molecule has 2 aromatic heterocycles. The van der Waals surface area contributed by atoms with E-state index in [0.717, 1.165) is 18.8 Å². The normalized spacial score (nSPS) is 16.4. The summed E-state index contributed by atoms with van der Waals surface area (Å²) in [7, 11) is 0. The first kappa shape index (κ1) is 20.5. The summed E-state index contributed by atoms with van der Waals surface area (Å²) >= 11 is 0. The molecule has 5 rings (SSSR count). The van der Waals surface area contributed by atoms with Crippen LogP contribution in [-0.4, -0.2) is 44.6 Å². The molecule has 0 aliphatic carbocycles. The highest BCUT2D eigenvalue weighted by molar-refractivity contribution is 5.93. The number of hydrogen-bond acceptors (Lipinski definition) is 4. The first-order valence-corrected chi connectivity index (χ1v) is 11.4. The van der Waals surface area contributed by atoms with Crippen LogP contribution in [0.3, 0.4) is 0 Å². The van der Waals surface area contributed by atoms with E-state index < -0.39 is 0 Å². The number of carbonyl (C=O) groups is 1. The summed E-state index contributed by atoms with van der Waals surface area (Å²) in [5, 5.41) is 0. The van der Waals surface area contributed by atoms with Crippen LogP contribution < -0.4 is 10.5 Å². The number of anilines is 1. The van der Waals surface area contributed by atoms with Crippen LogP contribution in [0.4, 0.5) is 5.69 Å². The van der Waals surface area contributed by atoms with Crippen molar-refractivity contribution in [2.45, 2.75) is 46.2 Å². The van der Waals surface area contributed by atoms with Gasteiger partial charge in [0.15, 0.2) is 0 Å². The minimum atomic E-state index is -0.156. The third-order valence-electron chi connectivity index (χ3n) is 6.72. The minimum absolute atomic E-state index is 0.0931. The van der Waals surface area contributed by atoms with Crippen molar-refractivity contribution < 1.29 is 4.79 Å². The van der Waals surface area contributed by atoms with Gasteiger partial charge in [0.25, 0.3) is 11.5 Å². The highest BCUT2D eigenvalue weighted by atomic mass is 16.2. The molecule has 3 aromatic rings. The summed E-state index contributed by atoms with van der Waals surface area (Å²) in [5.74, 6) is -0.0931. The summed E-state index contributed by atoms with van der Waals surface area (Å²) < 4.78 is 3.32. The third-order valence-corrected chi connectivity index (χ3v) is 6.72. The highest BCUT2D eigenvalue weighted by Gasteiger charge is 2.27. The van der Waals surface area contributed by atoms with E-state index in [2.05, 4.69) is 35.0 Å². The number of nitrogens with zero attached hydrogens (tertiary/aromatic N) is 5. The Morgan fingerprint density at radius 1 is 0.906 bits per heavy atom. The Morgan fingerprint density at radius 2 is 1.72 bits per heavy atom. The molecule has 1 aromatic carbocycles. The lowest BCUT2D eigenvalue weighted by Gasteiger charge is -2.33. The second kappa shape index (κ2) is 8.30. The molecule has 1 amide bonds. The van der Waals surface area contributed by atoms with Crippen molar-refractivity contribution in [3.63, 3.8) is 0 Å². The molecule has 1 saturated heterocycles. The van der Waals surface area contributed by atoms with Crippen LogP contribution in [0, 0.1) is 13.8 Å². The van der Waals surface area contributed by atoms with Gasteiger partial charge in [-0.05, 0) is 62.4 Å². The van der Waals surface area contributed by atoms with Gasteiger partial charge in [0.05, 0.1) is 12.0 Å². The van der Waals surface area contributed by atoms with Gasteiger partial charge in [0, 0.05) is 44.6 Å². The van der Waals surface area contributed by atoms with Crippen molar-refractivity contribution in [2.24, 2.45) is 0 Å². The van der Waals surface area contributed by atoms with Crippen LogP contribution in [0.5, 0.6) is 0 Å². The number of aryl methyl sites for hydroxylation is 1. The largest absolute Gasteiger partial charge is 0.371 e. The number of rotatable bonds is 4. The topological polar surface area (TPSA) is 63.4 Å². The Labute approximate surface area is 187 Å². The number of amides is 1. The maximum absolute atomic E-state index is 13.3. The molecular weight excluding hydrogens is 402 g/mol. The minimum Gasteiger partial charge on any atom is -0.371 e. The number of hydrogen-bond donors (Lipinski definition) is 0. The zero-order valence-corrected chi connectivity index (χ0v) is 18.8. The molecule has 1 fully saturated rings. The lowest BCUT2D eigenvalue weighted by atomic mass is 10.0. The maximum Gasteiger partial charge on any atom is 0.275 e. The molecule has 0 atom stereocenters. The van der Waals surface area contributed by atoms with E-state index in [0.29, 0.717) is 31.0 Å². The molecule has 4 heterocycles. The number of pyridine rings is 1. The average Bonchev–Trinajstić information content (AvgIpc) is 3.24. The molecule has 0 bridgehead atoms. The van der Waals surface area contributed by atoms with E-state index in [9.17, 15) is 9.59 Å². The van der Waals surface area contributed by atoms with Crippen LogP contribution in [0.25, 0.3) is 5.69 Å². The van der Waals surface area contributed by atoms with Crippen molar-refractivity contribution in [1.82, 2.24) is 19.0 Å². The maximum atomic E-state index is 13.3. The SMILES string of the molecule is Cc1cn(-c2ccc3n(c2=O)CCN(Cc2cccc(N4CCCCC4)c2C)C3=O)cn1. The van der Waals surface area contributed by atoms with Crippen LogP contribution >= 0.6 is 0 Å². The first-order valence-electron chi connectivity index (χ1n) is 11.4. The zero-order chi connectivity index (χ0) is 22.2. The van der Waals surface area contributed by atoms with Crippen LogP contribution in [0.2, 0.25) is 0 Å². The van der Waals surface area contributed by atoms with Gasteiger partial charge in [-0.3, -0.25) is 9.59 Å². The quantitative estimate of drug-likeness (QED) is 0.636. The molecule has 2 aliphatic heterocycles. The number of piperidine rings is 1. The molecule has 7 heteroatoms. The monoisotopic (exact) mass is 431 g/mol. The summed E-state index contributed by atoms with van der Waals surface area (Å²) in [6, 6.07) is 9.88. The Hall–Kier alpha value is -3.35. The second-order valence-electron chi connectivity index (χ2n) is 8.82. The Morgan fingerprint density at radius 3 is 2.47 bits per heavy atom. The first-order chi connectivity index (χ1) is 15.5. The fourth-order valence-corrected chi connectivity index (χ4v) is 4.88. The number of fused-ring (bicyclic) bond motifs is 1. The third kappa shape index (κ3) is 3.61. The lowest BCUT2D eigenvalue weighted by molar-refractivity contribution is 0.0686. The van der Waals surface area contributed by atoms with E-state index in [1.54, 1.807) is 27.6 Å². The van der Waals surface area contributed by atoms with Crippen LogP contribution in [0.1, 0.15) is 46.6 Å². The average molecular weight is 432 g/mol. The molecule has 2 aliphatic rings. The van der Waals surface area contributed by atoms with Gasteiger partial charge >= 0.3 is 0 Å². The Kier molecular flexibility index (Phi) is 5.33. The summed E-state index contributed by atoms with van der Waals surface area (Å²) in [6.07, 6.45) is 7.23. The number of carbonyl (C=O) groups excluding carboxylic acids is 1. The van der Waals surface area contributed by atoms with Crippen molar-refractivity contribution in [2.75, 3.05) is 24.5 Å². The Balaban J connectivity index is 1.40. The van der Waals surface area contributed by atoms with E-state index in [1.165, 1.54) is 36.1 Å². The number of benzene rings is 1. The molecule has 0 N–H and O–H groups in total. The van der Waals surface area contributed by atoms with E-state index in [4.69, 9.17) is 0 Å². The predicted molar refractivity (Wildman–Crippen MR) is 125 cm³/mol. The van der Waals surface area contributed by atoms with Crippen LogP contribution in [0.15, 0.2) is 47.7 Å². The molecule has 32 heavy (non-hydrogen) atoms. The molecule has 166 valence electrons. The molecular formula is C25H29N5O2. The lowest BCUT2D eigenvalue weighted by Crippen LogP contribution is -2.44. The van der Waals surface area contributed by atoms with Crippen molar-refractivity contribution in [1.29, 1.82) is 0 Å². The fraction of sp³-hybridized carbons (Fsp3) is 0.400. The van der Waals surface area contributed by atoms with E-state index >= 15 is 0 Å². The molecule has 0 saturated carbocycles. The van der Waals surface area contributed by atoms with Gasteiger partial charge in [0.1, 0.15) is 11.4 Å². The van der Waals surface area contributed by atoms with Crippen molar-refractivity contribution in [3.8, 4) is 5.69 Å². The van der Waals surface area contributed by atoms with Crippen LogP contribution in [-0.2, 0) is 13.1 Å². The van der Waals surface area contributed by atoms with Gasteiger partial charge in [-0.2, -0.15) is 0 Å². The summed E-state index contributed by atoms with van der Waals surface area (Å²) in [5.41, 5.74) is 5.35. The summed E-state index contributed by atoms with van der Waals surface area (Å²) in [6.45, 7) is 7.81. The standard InChI is InChI=1S/C25H29N5O2/c1-18-15-29(17-26-18)22-9-10-23-24(31)28(13-14-30(23)25(22)32)16-20-7-6-8-21(19(20)2)27-11-4-3-5-12-27/h6-10,15,17H,3-5,11-14,16H2,1-2H3. The van der Waals surface area contributed by atoms with Gasteiger partial charge in [-0.25, -0.2) is 4.98 Å². The Bertz CT molecular complexity index is 1220. The van der Waals surface area contributed by atoms with Crippen molar-refractivity contribution >= 4 is 11.6 Å². The van der Waals surface area contributed by atoms with Gasteiger partial charge in [-0.15, -0.1) is 0 Å². The smallest absolute Gasteiger partial charge is 0.275 e.